The van der Waals surface area contributed by atoms with E-state index in [1.165, 1.54) is 60.6 Å². The number of benzene rings is 3. The number of halogens is 2. The molecule has 0 fully saturated rings. The summed E-state index contributed by atoms with van der Waals surface area (Å²) in [6.07, 6.45) is 3.49. The molecule has 0 aliphatic heterocycles. The number of nitrogens with zero attached hydrogens (tertiary/aromatic N) is 4. The van der Waals surface area contributed by atoms with Crippen molar-refractivity contribution in [2.75, 3.05) is 37.6 Å². The first-order chi connectivity index (χ1) is 22.6. The van der Waals surface area contributed by atoms with Gasteiger partial charge in [0, 0.05) is 36.5 Å². The van der Waals surface area contributed by atoms with Gasteiger partial charge >= 0.3 is 5.97 Å². The summed E-state index contributed by atoms with van der Waals surface area (Å²) in [7, 11) is 1.52. The molecule has 0 bridgehead atoms. The molecular formula is C31H29ClFN7O7. The van der Waals surface area contributed by atoms with Crippen molar-refractivity contribution >= 4 is 52.7 Å². The van der Waals surface area contributed by atoms with Gasteiger partial charge in [0.25, 0.3) is 0 Å². The lowest BCUT2D eigenvalue weighted by Crippen LogP contribution is -2.44. The minimum absolute atomic E-state index is 0.0222. The van der Waals surface area contributed by atoms with Crippen LogP contribution in [0.1, 0.15) is 21.5 Å². The maximum Gasteiger partial charge on any atom is 0.335 e. The Bertz CT molecular complexity index is 1730. The highest BCUT2D eigenvalue weighted by Crippen LogP contribution is 2.25. The Labute approximate surface area is 272 Å². The summed E-state index contributed by atoms with van der Waals surface area (Å²) in [6.45, 7) is 0.470. The van der Waals surface area contributed by atoms with E-state index < -0.39 is 29.6 Å². The average molecular weight is 666 g/mol. The smallest absolute Gasteiger partial charge is 0.335 e. The SMILES string of the molecule is COCCOCC(=O)Nc1ccc(CC(NC(=O)C=Cc2c(-n3cnnn3)ccc(Cl)c2F)C(=O)Nc2ccc(C(=O)O)cc2)cc1. The van der Waals surface area contributed by atoms with E-state index in [1.54, 1.807) is 24.3 Å². The largest absolute Gasteiger partial charge is 0.478 e. The number of aromatic carboxylic acids is 1. The Kier molecular flexibility index (Phi) is 12.2. The predicted octanol–water partition coefficient (Wildman–Crippen LogP) is 3.13. The van der Waals surface area contributed by atoms with E-state index in [0.29, 0.717) is 23.5 Å². The highest BCUT2D eigenvalue weighted by Gasteiger charge is 2.22. The third kappa shape index (κ3) is 9.99. The van der Waals surface area contributed by atoms with Gasteiger partial charge in [0.2, 0.25) is 17.7 Å². The van der Waals surface area contributed by atoms with Crippen LogP contribution in [0.5, 0.6) is 0 Å². The van der Waals surface area contributed by atoms with Gasteiger partial charge in [-0.25, -0.2) is 9.18 Å². The van der Waals surface area contributed by atoms with Crippen LogP contribution in [0.2, 0.25) is 5.02 Å². The summed E-state index contributed by atoms with van der Waals surface area (Å²) >= 11 is 5.97. The fraction of sp³-hybridized carbons (Fsp3) is 0.194. The molecule has 0 aliphatic rings. The second-order valence-electron chi connectivity index (χ2n) is 9.81. The molecule has 14 nitrogen and oxygen atoms in total. The summed E-state index contributed by atoms with van der Waals surface area (Å²) in [6, 6.07) is 13.8. The quantitative estimate of drug-likeness (QED) is 0.109. The normalized spacial score (nSPS) is 11.6. The summed E-state index contributed by atoms with van der Waals surface area (Å²) in [5, 5.41) is 27.8. The van der Waals surface area contributed by atoms with E-state index in [0.717, 1.165) is 6.08 Å². The molecule has 0 radical (unpaired) electrons. The lowest BCUT2D eigenvalue weighted by atomic mass is 10.0. The van der Waals surface area contributed by atoms with E-state index >= 15 is 0 Å². The molecule has 1 heterocycles. The molecule has 244 valence electrons. The zero-order chi connectivity index (χ0) is 33.8. The van der Waals surface area contributed by atoms with Gasteiger partial charge in [-0.05, 0) is 70.6 Å². The Hall–Kier alpha value is -5.51. The van der Waals surface area contributed by atoms with Crippen LogP contribution in [0.25, 0.3) is 11.8 Å². The average Bonchev–Trinajstić information content (AvgIpc) is 3.59. The molecule has 4 aromatic rings. The van der Waals surface area contributed by atoms with Crippen LogP contribution in [0.3, 0.4) is 0 Å². The lowest BCUT2D eigenvalue weighted by Gasteiger charge is -2.18. The number of hydrogen-bond donors (Lipinski definition) is 4. The number of hydrogen-bond acceptors (Lipinski definition) is 9. The van der Waals surface area contributed by atoms with Gasteiger partial charge in [-0.2, -0.15) is 4.68 Å². The molecule has 0 saturated carbocycles. The van der Waals surface area contributed by atoms with Crippen LogP contribution in [0.4, 0.5) is 15.8 Å². The van der Waals surface area contributed by atoms with Gasteiger partial charge < -0.3 is 30.5 Å². The van der Waals surface area contributed by atoms with Crippen molar-refractivity contribution in [1.29, 1.82) is 0 Å². The van der Waals surface area contributed by atoms with E-state index in [9.17, 15) is 23.6 Å². The Balaban J connectivity index is 1.50. The highest BCUT2D eigenvalue weighted by molar-refractivity contribution is 6.31. The van der Waals surface area contributed by atoms with E-state index in [4.69, 9.17) is 26.2 Å². The summed E-state index contributed by atoms with van der Waals surface area (Å²) in [5.74, 6) is -3.64. The number of aromatic nitrogens is 4. The molecule has 0 spiro atoms. The minimum Gasteiger partial charge on any atom is -0.478 e. The zero-order valence-corrected chi connectivity index (χ0v) is 25.6. The lowest BCUT2D eigenvalue weighted by molar-refractivity contribution is -0.123. The number of ether oxygens (including phenoxy) is 2. The van der Waals surface area contributed by atoms with Gasteiger partial charge in [0.15, 0.2) is 5.82 Å². The van der Waals surface area contributed by atoms with Gasteiger partial charge in [0.05, 0.1) is 29.5 Å². The van der Waals surface area contributed by atoms with Crippen LogP contribution >= 0.6 is 11.6 Å². The van der Waals surface area contributed by atoms with Crippen LogP contribution in [-0.2, 0) is 30.3 Å². The van der Waals surface area contributed by atoms with Crippen LogP contribution in [0, 0.1) is 5.82 Å². The standard InChI is InChI=1S/C31H29ClFN7O7/c1-46-14-15-47-17-28(42)35-21-6-2-19(3-7-21)16-25(30(43)36-22-8-4-20(5-9-22)31(44)45)37-27(41)13-10-23-26(40-18-34-38-39-40)12-11-24(32)29(23)33/h2-13,18,25H,14-17H2,1H3,(H,35,42)(H,36,43)(H,37,41)(H,44,45). The minimum atomic E-state index is -1.14. The number of carboxylic acids is 1. The van der Waals surface area contributed by atoms with Crippen LogP contribution in [-0.4, -0.2) is 82.0 Å². The second kappa shape index (κ2) is 16.7. The van der Waals surface area contributed by atoms with Crippen molar-refractivity contribution in [3.63, 3.8) is 0 Å². The second-order valence-corrected chi connectivity index (χ2v) is 10.2. The molecule has 0 aliphatic carbocycles. The number of tetrazole rings is 1. The highest BCUT2D eigenvalue weighted by atomic mass is 35.5. The molecule has 1 aromatic heterocycles. The monoisotopic (exact) mass is 665 g/mol. The number of carbonyl (C=O) groups excluding carboxylic acids is 3. The van der Waals surface area contributed by atoms with Gasteiger partial charge in [-0.3, -0.25) is 14.4 Å². The molecule has 1 atom stereocenters. The van der Waals surface area contributed by atoms with Gasteiger partial charge in [-0.1, -0.05) is 23.7 Å². The van der Waals surface area contributed by atoms with Crippen molar-refractivity contribution < 1.29 is 38.1 Å². The van der Waals surface area contributed by atoms with Crippen molar-refractivity contribution in [3.05, 3.63) is 101 Å². The van der Waals surface area contributed by atoms with Crippen molar-refractivity contribution in [2.45, 2.75) is 12.5 Å². The molecule has 0 saturated heterocycles. The molecule has 3 amide bonds. The summed E-state index contributed by atoms with van der Waals surface area (Å²) in [4.78, 5) is 49.8. The molecule has 1 unspecified atom stereocenters. The maximum absolute atomic E-state index is 15.0. The maximum atomic E-state index is 15.0. The summed E-state index contributed by atoms with van der Waals surface area (Å²) < 4.78 is 26.2. The fourth-order valence-electron chi connectivity index (χ4n) is 4.16. The van der Waals surface area contributed by atoms with Crippen LogP contribution in [0.15, 0.2) is 73.1 Å². The number of carbonyl (C=O) groups is 4. The summed E-state index contributed by atoms with van der Waals surface area (Å²) in [5.41, 5.74) is 1.60. The van der Waals surface area contributed by atoms with Gasteiger partial charge in [-0.15, -0.1) is 5.10 Å². The van der Waals surface area contributed by atoms with E-state index in [1.807, 2.05) is 0 Å². The first-order valence-electron chi connectivity index (χ1n) is 13.9. The number of rotatable bonds is 15. The van der Waals surface area contributed by atoms with E-state index in [-0.39, 0.29) is 47.4 Å². The Morgan fingerprint density at radius 1 is 1.00 bits per heavy atom. The van der Waals surface area contributed by atoms with E-state index in [2.05, 4.69) is 31.5 Å². The molecule has 4 rings (SSSR count). The molecule has 47 heavy (non-hydrogen) atoms. The van der Waals surface area contributed by atoms with Gasteiger partial charge in [0.1, 0.15) is 19.0 Å². The van der Waals surface area contributed by atoms with Crippen molar-refractivity contribution in [3.8, 4) is 5.69 Å². The molecule has 4 N–H and O–H groups in total. The Morgan fingerprint density at radius 2 is 1.70 bits per heavy atom. The topological polar surface area (TPSA) is 187 Å². The predicted molar refractivity (Wildman–Crippen MR) is 169 cm³/mol. The zero-order valence-electron chi connectivity index (χ0n) is 24.9. The third-order valence-electron chi connectivity index (χ3n) is 6.48. The fourth-order valence-corrected chi connectivity index (χ4v) is 4.33. The van der Waals surface area contributed by atoms with Crippen molar-refractivity contribution in [2.24, 2.45) is 0 Å². The number of amides is 3. The first kappa shape index (κ1) is 34.4. The number of nitrogens with one attached hydrogen (secondary N) is 3. The number of anilines is 2. The molecule has 3 aromatic carbocycles. The van der Waals surface area contributed by atoms with Crippen LogP contribution < -0.4 is 16.0 Å². The first-order valence-corrected chi connectivity index (χ1v) is 14.3. The number of carboxylic acid groups (broad SMARTS) is 1. The molecule has 16 heteroatoms. The Morgan fingerprint density at radius 3 is 2.36 bits per heavy atom. The molecular weight excluding hydrogens is 637 g/mol. The number of methoxy groups -OCH3 is 1. The third-order valence-corrected chi connectivity index (χ3v) is 6.77. The van der Waals surface area contributed by atoms with Crippen molar-refractivity contribution in [1.82, 2.24) is 25.5 Å².